The normalized spacial score (nSPS) is 19.1. The van der Waals surface area contributed by atoms with Crippen molar-refractivity contribution < 1.29 is 13.5 Å². The van der Waals surface area contributed by atoms with Gasteiger partial charge in [-0.15, -0.1) is 0 Å². The molecule has 1 aromatic rings. The van der Waals surface area contributed by atoms with Crippen LogP contribution in [0.5, 0.6) is 0 Å². The maximum Gasteiger partial charge on any atom is 0.243 e. The van der Waals surface area contributed by atoms with Crippen molar-refractivity contribution in [3.05, 3.63) is 28.8 Å². The van der Waals surface area contributed by atoms with E-state index in [0.29, 0.717) is 36.5 Å². The van der Waals surface area contributed by atoms with Crippen molar-refractivity contribution in [2.45, 2.75) is 30.8 Å². The van der Waals surface area contributed by atoms with Crippen LogP contribution in [0.1, 0.15) is 18.4 Å². The van der Waals surface area contributed by atoms with E-state index in [1.54, 1.807) is 25.1 Å². The number of benzene rings is 1. The van der Waals surface area contributed by atoms with Crippen molar-refractivity contribution in [2.24, 2.45) is 0 Å². The quantitative estimate of drug-likeness (QED) is 0.903. The first-order valence-electron chi connectivity index (χ1n) is 5.86. The minimum Gasteiger partial charge on any atom is -0.393 e. The van der Waals surface area contributed by atoms with Crippen LogP contribution < -0.4 is 0 Å². The summed E-state index contributed by atoms with van der Waals surface area (Å²) in [6.07, 6.45) is 0.578. The van der Waals surface area contributed by atoms with Gasteiger partial charge in [0.15, 0.2) is 0 Å². The molecule has 0 unspecified atom stereocenters. The largest absolute Gasteiger partial charge is 0.393 e. The molecule has 4 nitrogen and oxygen atoms in total. The van der Waals surface area contributed by atoms with Gasteiger partial charge >= 0.3 is 0 Å². The van der Waals surface area contributed by atoms with E-state index in [-0.39, 0.29) is 4.90 Å². The SMILES string of the molecule is Cc1c(Cl)cccc1S(=O)(=O)N1CCC(O)CC1. The molecule has 0 spiro atoms. The highest BCUT2D eigenvalue weighted by molar-refractivity contribution is 7.89. The van der Waals surface area contributed by atoms with Gasteiger partial charge in [-0.1, -0.05) is 17.7 Å². The lowest BCUT2D eigenvalue weighted by molar-refractivity contribution is 0.113. The number of nitrogens with zero attached hydrogens (tertiary/aromatic N) is 1. The van der Waals surface area contributed by atoms with E-state index in [4.69, 9.17) is 11.6 Å². The van der Waals surface area contributed by atoms with E-state index in [0.717, 1.165) is 0 Å². The molecule has 1 aliphatic rings. The molecule has 1 saturated heterocycles. The molecule has 1 N–H and O–H groups in total. The highest BCUT2D eigenvalue weighted by Gasteiger charge is 2.29. The molecule has 0 aromatic heterocycles. The molecule has 0 radical (unpaired) electrons. The Balaban J connectivity index is 2.34. The fourth-order valence-electron chi connectivity index (χ4n) is 2.09. The molecule has 1 aromatic carbocycles. The summed E-state index contributed by atoms with van der Waals surface area (Å²) in [7, 11) is -3.50. The lowest BCUT2D eigenvalue weighted by atomic mass is 10.1. The van der Waals surface area contributed by atoms with E-state index < -0.39 is 16.1 Å². The lowest BCUT2D eigenvalue weighted by Crippen LogP contribution is -2.40. The minimum atomic E-state index is -3.50. The third-order valence-corrected chi connectivity index (χ3v) is 5.71. The number of rotatable bonds is 2. The van der Waals surface area contributed by atoms with Crippen molar-refractivity contribution in [1.29, 1.82) is 0 Å². The number of hydrogen-bond donors (Lipinski definition) is 1. The zero-order valence-electron chi connectivity index (χ0n) is 10.1. The topological polar surface area (TPSA) is 57.6 Å². The fourth-order valence-corrected chi connectivity index (χ4v) is 4.04. The minimum absolute atomic E-state index is 0.256. The third-order valence-electron chi connectivity index (χ3n) is 3.26. The summed E-state index contributed by atoms with van der Waals surface area (Å²) in [4.78, 5) is 0.256. The zero-order valence-corrected chi connectivity index (χ0v) is 11.7. The van der Waals surface area contributed by atoms with Crippen LogP contribution in [-0.4, -0.2) is 37.0 Å². The first-order valence-corrected chi connectivity index (χ1v) is 7.68. The Morgan fingerprint density at radius 1 is 1.33 bits per heavy atom. The van der Waals surface area contributed by atoms with E-state index >= 15 is 0 Å². The first kappa shape index (κ1) is 13.8. The van der Waals surface area contributed by atoms with Gasteiger partial charge in [-0.3, -0.25) is 0 Å². The molecule has 0 amide bonds. The number of halogens is 1. The highest BCUT2D eigenvalue weighted by atomic mass is 35.5. The summed E-state index contributed by atoms with van der Waals surface area (Å²) in [5, 5.41) is 9.87. The van der Waals surface area contributed by atoms with E-state index in [9.17, 15) is 13.5 Å². The van der Waals surface area contributed by atoms with Crippen LogP contribution in [0, 0.1) is 6.92 Å². The molecule has 0 aliphatic carbocycles. The van der Waals surface area contributed by atoms with E-state index in [2.05, 4.69) is 0 Å². The van der Waals surface area contributed by atoms with E-state index in [1.807, 2.05) is 0 Å². The molecule has 0 atom stereocenters. The van der Waals surface area contributed by atoms with Crippen molar-refractivity contribution in [1.82, 2.24) is 4.31 Å². The molecule has 0 saturated carbocycles. The average molecular weight is 290 g/mol. The smallest absolute Gasteiger partial charge is 0.243 e. The monoisotopic (exact) mass is 289 g/mol. The second-order valence-electron chi connectivity index (χ2n) is 4.50. The van der Waals surface area contributed by atoms with Crippen LogP contribution in [0.25, 0.3) is 0 Å². The number of sulfonamides is 1. The van der Waals surface area contributed by atoms with Crippen LogP contribution >= 0.6 is 11.6 Å². The molecule has 0 bridgehead atoms. The predicted octanol–water partition coefficient (Wildman–Crippen LogP) is 1.79. The average Bonchev–Trinajstić information content (AvgIpc) is 2.33. The highest BCUT2D eigenvalue weighted by Crippen LogP contribution is 2.27. The summed E-state index contributed by atoms with van der Waals surface area (Å²) >= 11 is 5.96. The van der Waals surface area contributed by atoms with Crippen molar-refractivity contribution in [2.75, 3.05) is 13.1 Å². The maximum atomic E-state index is 12.5. The summed E-state index contributed by atoms with van der Waals surface area (Å²) in [5.74, 6) is 0. The van der Waals surface area contributed by atoms with Gasteiger partial charge in [0.2, 0.25) is 10.0 Å². The molecule has 6 heteroatoms. The number of aliphatic hydroxyl groups is 1. The van der Waals surface area contributed by atoms with Crippen LogP contribution in [0.3, 0.4) is 0 Å². The summed E-state index contributed by atoms with van der Waals surface area (Å²) in [6, 6.07) is 4.89. The molecule has 1 aliphatic heterocycles. The summed E-state index contributed by atoms with van der Waals surface area (Å²) < 4.78 is 26.3. The Morgan fingerprint density at radius 2 is 1.94 bits per heavy atom. The number of piperidine rings is 1. The van der Waals surface area contributed by atoms with Crippen LogP contribution in [0.2, 0.25) is 5.02 Å². The van der Waals surface area contributed by atoms with Crippen molar-refractivity contribution >= 4 is 21.6 Å². The molecule has 18 heavy (non-hydrogen) atoms. The number of aliphatic hydroxyl groups excluding tert-OH is 1. The van der Waals surface area contributed by atoms with Gasteiger partial charge in [0.25, 0.3) is 0 Å². The molecular formula is C12H16ClNO3S. The van der Waals surface area contributed by atoms with Gasteiger partial charge < -0.3 is 5.11 Å². The van der Waals surface area contributed by atoms with Gasteiger partial charge in [-0.2, -0.15) is 4.31 Å². The second kappa shape index (κ2) is 5.17. The molecular weight excluding hydrogens is 274 g/mol. The van der Waals surface area contributed by atoms with E-state index in [1.165, 1.54) is 4.31 Å². The van der Waals surface area contributed by atoms with Crippen LogP contribution in [0.15, 0.2) is 23.1 Å². The molecule has 1 heterocycles. The zero-order chi connectivity index (χ0) is 13.3. The van der Waals surface area contributed by atoms with Crippen molar-refractivity contribution in [3.63, 3.8) is 0 Å². The van der Waals surface area contributed by atoms with Gasteiger partial charge in [-0.25, -0.2) is 8.42 Å². The van der Waals surface area contributed by atoms with Crippen molar-refractivity contribution in [3.8, 4) is 0 Å². The maximum absolute atomic E-state index is 12.5. The van der Waals surface area contributed by atoms with Gasteiger partial charge in [-0.05, 0) is 37.5 Å². The fraction of sp³-hybridized carbons (Fsp3) is 0.500. The molecule has 2 rings (SSSR count). The lowest BCUT2D eigenvalue weighted by Gasteiger charge is -2.29. The van der Waals surface area contributed by atoms with Gasteiger partial charge in [0, 0.05) is 18.1 Å². The molecule has 1 fully saturated rings. The Labute approximate surface area is 112 Å². The Kier molecular flexibility index (Phi) is 3.96. The first-order chi connectivity index (χ1) is 8.43. The third kappa shape index (κ3) is 2.54. The summed E-state index contributed by atoms with van der Waals surface area (Å²) in [6.45, 7) is 2.42. The summed E-state index contributed by atoms with van der Waals surface area (Å²) in [5.41, 5.74) is 0.574. The Bertz CT molecular complexity index is 536. The van der Waals surface area contributed by atoms with Gasteiger partial charge in [0.1, 0.15) is 0 Å². The predicted molar refractivity (Wildman–Crippen MR) is 70.2 cm³/mol. The van der Waals surface area contributed by atoms with Crippen LogP contribution in [0.4, 0.5) is 0 Å². The van der Waals surface area contributed by atoms with Crippen LogP contribution in [-0.2, 0) is 10.0 Å². The van der Waals surface area contributed by atoms with Gasteiger partial charge in [0.05, 0.1) is 11.0 Å². The second-order valence-corrected chi connectivity index (χ2v) is 6.81. The Hall–Kier alpha value is -0.620. The number of hydrogen-bond acceptors (Lipinski definition) is 3. The Morgan fingerprint density at radius 3 is 2.56 bits per heavy atom. The molecule has 100 valence electrons. The standard InChI is InChI=1S/C12H16ClNO3S/c1-9-11(13)3-2-4-12(9)18(16,17)14-7-5-10(15)6-8-14/h2-4,10,15H,5-8H2,1H3.